The lowest BCUT2D eigenvalue weighted by molar-refractivity contribution is 0.324. The first kappa shape index (κ1) is 18.2. The molecule has 0 bridgehead atoms. The molecule has 0 radical (unpaired) electrons. The lowest BCUT2D eigenvalue weighted by atomic mass is 10.2. The molecule has 0 aliphatic rings. The summed E-state index contributed by atoms with van der Waals surface area (Å²) in [5.74, 6) is 2.58. The van der Waals surface area contributed by atoms with Crippen LogP contribution in [0.4, 0.5) is 17.5 Å². The molecule has 8 nitrogen and oxygen atoms in total. The Kier molecular flexibility index (Phi) is 5.88. The molecular weight excluding hydrogens is 346 g/mol. The largest absolute Gasteiger partial charge is 0.493 e. The van der Waals surface area contributed by atoms with E-state index in [-0.39, 0.29) is 0 Å². The summed E-state index contributed by atoms with van der Waals surface area (Å²) in [6.45, 7) is 0.607. The Morgan fingerprint density at radius 2 is 1.63 bits per heavy atom. The summed E-state index contributed by atoms with van der Waals surface area (Å²) in [5, 5.41) is 14.3. The van der Waals surface area contributed by atoms with Crippen LogP contribution >= 0.6 is 0 Å². The van der Waals surface area contributed by atoms with E-state index in [0.717, 1.165) is 11.3 Å². The number of benzene rings is 2. The van der Waals surface area contributed by atoms with Gasteiger partial charge in [-0.15, -0.1) is 5.10 Å². The van der Waals surface area contributed by atoms with Crippen LogP contribution in [-0.2, 0) is 6.54 Å². The van der Waals surface area contributed by atoms with Crippen LogP contribution in [0.5, 0.6) is 17.2 Å². The van der Waals surface area contributed by atoms with E-state index in [4.69, 9.17) is 14.2 Å². The van der Waals surface area contributed by atoms with Gasteiger partial charge in [0.25, 0.3) is 0 Å². The lowest BCUT2D eigenvalue weighted by Gasteiger charge is -2.15. The first-order valence-corrected chi connectivity index (χ1v) is 8.28. The van der Waals surface area contributed by atoms with Crippen molar-refractivity contribution in [2.24, 2.45) is 0 Å². The molecule has 2 N–H and O–H groups in total. The van der Waals surface area contributed by atoms with Crippen molar-refractivity contribution in [2.45, 2.75) is 6.54 Å². The molecule has 0 saturated heterocycles. The second kappa shape index (κ2) is 8.70. The standard InChI is InChI=1S/C19H21N5O3/c1-25-15-9-14(10-16(26-2)18(15)27-3)22-17-12-21-24-19(23-17)20-11-13-7-5-4-6-8-13/h4-10,12H,11H2,1-3H3,(H2,20,22,23,24). The summed E-state index contributed by atoms with van der Waals surface area (Å²) in [7, 11) is 4.70. The summed E-state index contributed by atoms with van der Waals surface area (Å²) >= 11 is 0. The molecule has 2 aromatic carbocycles. The summed E-state index contributed by atoms with van der Waals surface area (Å²) < 4.78 is 16.1. The van der Waals surface area contributed by atoms with Crippen LogP contribution in [0.3, 0.4) is 0 Å². The van der Waals surface area contributed by atoms with Crippen LogP contribution in [0, 0.1) is 0 Å². The summed E-state index contributed by atoms with van der Waals surface area (Å²) in [5.41, 5.74) is 1.85. The Morgan fingerprint density at radius 1 is 0.926 bits per heavy atom. The smallest absolute Gasteiger partial charge is 0.244 e. The molecule has 0 aliphatic carbocycles. The number of nitrogens with zero attached hydrogens (tertiary/aromatic N) is 3. The minimum atomic E-state index is 0.427. The number of methoxy groups -OCH3 is 3. The zero-order chi connectivity index (χ0) is 19.1. The third kappa shape index (κ3) is 4.55. The zero-order valence-electron chi connectivity index (χ0n) is 15.4. The fourth-order valence-corrected chi connectivity index (χ4v) is 2.52. The van der Waals surface area contributed by atoms with Gasteiger partial charge in [0.15, 0.2) is 17.3 Å². The van der Waals surface area contributed by atoms with E-state index in [2.05, 4.69) is 25.8 Å². The van der Waals surface area contributed by atoms with E-state index in [1.165, 1.54) is 6.20 Å². The van der Waals surface area contributed by atoms with Crippen LogP contribution in [-0.4, -0.2) is 36.5 Å². The van der Waals surface area contributed by atoms with Crippen molar-refractivity contribution < 1.29 is 14.2 Å². The number of rotatable bonds is 8. The molecular formula is C19H21N5O3. The minimum absolute atomic E-state index is 0.427. The molecule has 3 aromatic rings. The molecule has 1 aromatic heterocycles. The van der Waals surface area contributed by atoms with E-state index in [9.17, 15) is 0 Å². The van der Waals surface area contributed by atoms with Crippen molar-refractivity contribution in [1.29, 1.82) is 0 Å². The molecule has 8 heteroatoms. The normalized spacial score (nSPS) is 10.2. The number of hydrogen-bond acceptors (Lipinski definition) is 8. The second-order valence-electron chi connectivity index (χ2n) is 5.54. The van der Waals surface area contributed by atoms with E-state index in [1.807, 2.05) is 30.3 Å². The Morgan fingerprint density at radius 3 is 2.26 bits per heavy atom. The molecule has 140 valence electrons. The van der Waals surface area contributed by atoms with Crippen molar-refractivity contribution >= 4 is 17.5 Å². The topological polar surface area (TPSA) is 90.4 Å². The number of ether oxygens (including phenoxy) is 3. The highest BCUT2D eigenvalue weighted by atomic mass is 16.5. The molecule has 0 fully saturated rings. The Bertz CT molecular complexity index is 865. The van der Waals surface area contributed by atoms with Gasteiger partial charge in [-0.25, -0.2) is 0 Å². The number of anilines is 3. The van der Waals surface area contributed by atoms with Gasteiger partial charge in [-0.05, 0) is 5.56 Å². The Labute approximate surface area is 157 Å². The fourth-order valence-electron chi connectivity index (χ4n) is 2.52. The SMILES string of the molecule is COc1cc(Nc2cnnc(NCc3ccccc3)n2)cc(OC)c1OC. The molecule has 1 heterocycles. The summed E-state index contributed by atoms with van der Waals surface area (Å²) in [6, 6.07) is 13.6. The molecule has 0 amide bonds. The van der Waals surface area contributed by atoms with Gasteiger partial charge in [-0.2, -0.15) is 10.1 Å². The van der Waals surface area contributed by atoms with Gasteiger partial charge < -0.3 is 24.8 Å². The molecule has 0 saturated carbocycles. The van der Waals surface area contributed by atoms with Gasteiger partial charge in [-0.3, -0.25) is 0 Å². The lowest BCUT2D eigenvalue weighted by Crippen LogP contribution is -2.06. The summed E-state index contributed by atoms with van der Waals surface area (Å²) in [4.78, 5) is 4.43. The van der Waals surface area contributed by atoms with Crippen molar-refractivity contribution in [3.05, 3.63) is 54.2 Å². The maximum atomic E-state index is 5.36. The predicted octanol–water partition coefficient (Wildman–Crippen LogP) is 3.25. The van der Waals surface area contributed by atoms with Gasteiger partial charge in [0.05, 0.1) is 27.5 Å². The molecule has 0 unspecified atom stereocenters. The first-order valence-electron chi connectivity index (χ1n) is 8.28. The Balaban J connectivity index is 1.76. The first-order chi connectivity index (χ1) is 13.2. The average molecular weight is 367 g/mol. The molecule has 0 atom stereocenters. The Hall–Kier alpha value is -3.55. The average Bonchev–Trinajstić information content (AvgIpc) is 2.72. The van der Waals surface area contributed by atoms with Crippen molar-refractivity contribution in [1.82, 2.24) is 15.2 Å². The van der Waals surface area contributed by atoms with Crippen LogP contribution in [0.15, 0.2) is 48.7 Å². The second-order valence-corrected chi connectivity index (χ2v) is 5.54. The van der Waals surface area contributed by atoms with Crippen molar-refractivity contribution in [2.75, 3.05) is 32.0 Å². The van der Waals surface area contributed by atoms with E-state index < -0.39 is 0 Å². The molecule has 27 heavy (non-hydrogen) atoms. The zero-order valence-corrected chi connectivity index (χ0v) is 15.4. The van der Waals surface area contributed by atoms with Crippen molar-refractivity contribution in [3.8, 4) is 17.2 Å². The fraction of sp³-hybridized carbons (Fsp3) is 0.211. The van der Waals surface area contributed by atoms with E-state index >= 15 is 0 Å². The number of nitrogens with one attached hydrogen (secondary N) is 2. The highest BCUT2D eigenvalue weighted by Gasteiger charge is 2.13. The number of aromatic nitrogens is 3. The van der Waals surface area contributed by atoms with Gasteiger partial charge in [0.1, 0.15) is 0 Å². The monoisotopic (exact) mass is 367 g/mol. The van der Waals surface area contributed by atoms with Crippen LogP contribution in [0.2, 0.25) is 0 Å². The van der Waals surface area contributed by atoms with Crippen LogP contribution in [0.25, 0.3) is 0 Å². The number of hydrogen-bond donors (Lipinski definition) is 2. The predicted molar refractivity (Wildman–Crippen MR) is 103 cm³/mol. The van der Waals surface area contributed by atoms with Gasteiger partial charge in [0.2, 0.25) is 11.7 Å². The third-order valence-corrected chi connectivity index (χ3v) is 3.79. The van der Waals surface area contributed by atoms with Crippen LogP contribution in [0.1, 0.15) is 5.56 Å². The minimum Gasteiger partial charge on any atom is -0.493 e. The van der Waals surface area contributed by atoms with E-state index in [0.29, 0.717) is 35.6 Å². The van der Waals surface area contributed by atoms with E-state index in [1.54, 1.807) is 33.5 Å². The molecule has 3 rings (SSSR count). The van der Waals surface area contributed by atoms with Gasteiger partial charge >= 0.3 is 0 Å². The molecule has 0 aliphatic heterocycles. The summed E-state index contributed by atoms with van der Waals surface area (Å²) in [6.07, 6.45) is 1.54. The maximum Gasteiger partial charge on any atom is 0.244 e. The highest BCUT2D eigenvalue weighted by molar-refractivity contribution is 5.66. The maximum absolute atomic E-state index is 5.36. The van der Waals surface area contributed by atoms with Gasteiger partial charge in [0, 0.05) is 24.4 Å². The van der Waals surface area contributed by atoms with Crippen molar-refractivity contribution in [3.63, 3.8) is 0 Å². The van der Waals surface area contributed by atoms with Gasteiger partial charge in [-0.1, -0.05) is 30.3 Å². The highest BCUT2D eigenvalue weighted by Crippen LogP contribution is 2.40. The quantitative estimate of drug-likeness (QED) is 0.627. The van der Waals surface area contributed by atoms with Crippen LogP contribution < -0.4 is 24.8 Å². The third-order valence-electron chi connectivity index (χ3n) is 3.79. The molecule has 0 spiro atoms.